The summed E-state index contributed by atoms with van der Waals surface area (Å²) in [4.78, 5) is 6.67. The zero-order valence-corrected chi connectivity index (χ0v) is 16.0. The van der Waals surface area contributed by atoms with Crippen molar-refractivity contribution in [1.82, 2.24) is 9.88 Å². The van der Waals surface area contributed by atoms with Crippen molar-refractivity contribution in [2.24, 2.45) is 5.92 Å². The number of rotatable bonds is 5. The fourth-order valence-corrected chi connectivity index (χ4v) is 3.88. The zero-order chi connectivity index (χ0) is 19.5. The number of piperidine rings is 1. The van der Waals surface area contributed by atoms with E-state index in [1.54, 1.807) is 12.1 Å². The number of aromatic nitrogens is 1. The molecule has 0 bridgehead atoms. The fraction of sp³-hybridized carbons (Fsp3) is 0.476. The number of hydrogen-bond acceptors (Lipinski definition) is 5. The van der Waals surface area contributed by atoms with Crippen molar-refractivity contribution >= 4 is 5.69 Å². The van der Waals surface area contributed by atoms with Gasteiger partial charge in [-0.2, -0.15) is 0 Å². The van der Waals surface area contributed by atoms with E-state index in [2.05, 4.69) is 15.2 Å². The maximum absolute atomic E-state index is 14.6. The Morgan fingerprint density at radius 1 is 1.21 bits per heavy atom. The van der Waals surface area contributed by atoms with Crippen molar-refractivity contribution in [3.8, 4) is 11.6 Å². The van der Waals surface area contributed by atoms with Crippen molar-refractivity contribution in [2.45, 2.75) is 25.8 Å². The molecule has 1 N–H and O–H groups in total. The largest absolute Gasteiger partial charge is 0.484 e. The molecule has 2 aromatic rings. The highest BCUT2D eigenvalue weighted by atomic mass is 19.1. The predicted molar refractivity (Wildman–Crippen MR) is 103 cm³/mol. The highest BCUT2D eigenvalue weighted by Crippen LogP contribution is 2.34. The topological polar surface area (TPSA) is 46.6 Å². The van der Waals surface area contributed by atoms with Crippen LogP contribution in [0.3, 0.4) is 0 Å². The number of benzene rings is 1. The van der Waals surface area contributed by atoms with Gasteiger partial charge in [-0.25, -0.2) is 13.8 Å². The Labute approximate surface area is 163 Å². The number of ether oxygens (including phenoxy) is 2. The van der Waals surface area contributed by atoms with Crippen LogP contribution in [-0.2, 0) is 0 Å². The number of fused-ring (bicyclic) bond motifs is 1. The quantitative estimate of drug-likeness (QED) is 0.837. The van der Waals surface area contributed by atoms with Crippen LogP contribution >= 0.6 is 0 Å². The summed E-state index contributed by atoms with van der Waals surface area (Å²) in [6, 6.07) is 7.62. The molecule has 2 aliphatic heterocycles. The van der Waals surface area contributed by atoms with Crippen LogP contribution in [0.1, 0.15) is 31.5 Å². The van der Waals surface area contributed by atoms with Crippen LogP contribution in [0.5, 0.6) is 11.6 Å². The molecule has 1 unspecified atom stereocenters. The van der Waals surface area contributed by atoms with E-state index < -0.39 is 0 Å². The fourth-order valence-electron chi connectivity index (χ4n) is 3.88. The molecule has 2 aliphatic rings. The standard InChI is InChI=1S/C21H25F2N3O2/c1-14(20-18(23)11-19-21(25-20)28-10-9-27-19)26-8-2-3-15(13-26)12-24-17-6-4-16(22)5-7-17/h4-7,11,14-15,24H,2-3,8-10,12-13H2,1H3/t14?,15-/m0/s1. The highest BCUT2D eigenvalue weighted by molar-refractivity contribution is 5.42. The molecule has 0 radical (unpaired) electrons. The SMILES string of the molecule is CC(c1nc2c(cc1F)OCCO2)N1CCC[C@@H](CNc2ccc(F)cc2)C1. The van der Waals surface area contributed by atoms with E-state index >= 15 is 0 Å². The third kappa shape index (κ3) is 4.19. The number of nitrogens with zero attached hydrogens (tertiary/aromatic N) is 2. The summed E-state index contributed by atoms with van der Waals surface area (Å²) in [6.07, 6.45) is 2.15. The van der Waals surface area contributed by atoms with Gasteiger partial charge >= 0.3 is 0 Å². The van der Waals surface area contributed by atoms with Crippen LogP contribution in [0.4, 0.5) is 14.5 Å². The monoisotopic (exact) mass is 389 g/mol. The van der Waals surface area contributed by atoms with Crippen molar-refractivity contribution in [3.05, 3.63) is 47.7 Å². The van der Waals surface area contributed by atoms with Gasteiger partial charge < -0.3 is 14.8 Å². The van der Waals surface area contributed by atoms with Crippen LogP contribution in [0.2, 0.25) is 0 Å². The van der Waals surface area contributed by atoms with Gasteiger partial charge in [0.2, 0.25) is 0 Å². The smallest absolute Gasteiger partial charge is 0.257 e. The number of likely N-dealkylation sites (tertiary alicyclic amines) is 1. The molecule has 1 aromatic heterocycles. The minimum Gasteiger partial charge on any atom is -0.484 e. The van der Waals surface area contributed by atoms with Crippen molar-refractivity contribution in [2.75, 3.05) is 38.2 Å². The number of halogens is 2. The van der Waals surface area contributed by atoms with Gasteiger partial charge in [0.1, 0.15) is 24.8 Å². The first kappa shape index (κ1) is 18.9. The summed E-state index contributed by atoms with van der Waals surface area (Å²) in [5.41, 5.74) is 1.31. The number of hydrogen-bond donors (Lipinski definition) is 1. The van der Waals surface area contributed by atoms with Gasteiger partial charge in [0.05, 0.1) is 11.7 Å². The summed E-state index contributed by atoms with van der Waals surface area (Å²) >= 11 is 0. The predicted octanol–water partition coefficient (Wildman–Crippen LogP) is 4.02. The van der Waals surface area contributed by atoms with E-state index in [0.29, 0.717) is 36.5 Å². The first-order valence-corrected chi connectivity index (χ1v) is 9.79. The number of pyridine rings is 1. The van der Waals surface area contributed by atoms with Crippen LogP contribution in [0.25, 0.3) is 0 Å². The van der Waals surface area contributed by atoms with Gasteiger partial charge in [-0.1, -0.05) is 0 Å². The van der Waals surface area contributed by atoms with Crippen molar-refractivity contribution in [1.29, 1.82) is 0 Å². The lowest BCUT2D eigenvalue weighted by Crippen LogP contribution is -2.40. The van der Waals surface area contributed by atoms with E-state index in [1.165, 1.54) is 18.2 Å². The Hall–Kier alpha value is -2.41. The second kappa shape index (κ2) is 8.31. The average molecular weight is 389 g/mol. The lowest BCUT2D eigenvalue weighted by atomic mass is 9.96. The average Bonchev–Trinajstić information content (AvgIpc) is 2.72. The van der Waals surface area contributed by atoms with Crippen LogP contribution < -0.4 is 14.8 Å². The molecule has 150 valence electrons. The Bertz CT molecular complexity index is 816. The molecule has 1 fully saturated rings. The maximum Gasteiger partial charge on any atom is 0.257 e. The molecular weight excluding hydrogens is 364 g/mol. The van der Waals surface area contributed by atoms with Crippen molar-refractivity contribution in [3.63, 3.8) is 0 Å². The normalized spacial score (nSPS) is 20.6. The Morgan fingerprint density at radius 2 is 2.00 bits per heavy atom. The molecule has 4 rings (SSSR count). The molecule has 1 saturated heterocycles. The minimum atomic E-state index is -0.358. The lowest BCUT2D eigenvalue weighted by molar-refractivity contribution is 0.127. The van der Waals surface area contributed by atoms with E-state index in [4.69, 9.17) is 9.47 Å². The van der Waals surface area contributed by atoms with Crippen LogP contribution in [0, 0.1) is 17.6 Å². The summed E-state index contributed by atoms with van der Waals surface area (Å²) in [7, 11) is 0. The van der Waals surface area contributed by atoms with Crippen LogP contribution in [0.15, 0.2) is 30.3 Å². The van der Waals surface area contributed by atoms with E-state index in [-0.39, 0.29) is 17.7 Å². The first-order valence-electron chi connectivity index (χ1n) is 9.79. The Kier molecular flexibility index (Phi) is 5.62. The van der Waals surface area contributed by atoms with Gasteiger partial charge in [0, 0.05) is 24.8 Å². The van der Waals surface area contributed by atoms with E-state index in [0.717, 1.165) is 38.2 Å². The molecule has 7 heteroatoms. The molecule has 5 nitrogen and oxygen atoms in total. The molecule has 1 aromatic carbocycles. The van der Waals surface area contributed by atoms with Gasteiger partial charge in [-0.15, -0.1) is 0 Å². The van der Waals surface area contributed by atoms with Gasteiger partial charge in [-0.3, -0.25) is 4.90 Å². The molecule has 3 heterocycles. The molecular formula is C21H25F2N3O2. The highest BCUT2D eigenvalue weighted by Gasteiger charge is 2.28. The Morgan fingerprint density at radius 3 is 2.82 bits per heavy atom. The molecule has 0 spiro atoms. The lowest BCUT2D eigenvalue weighted by Gasteiger charge is -2.37. The van der Waals surface area contributed by atoms with E-state index in [1.807, 2.05) is 6.92 Å². The third-order valence-corrected chi connectivity index (χ3v) is 5.45. The molecule has 0 saturated carbocycles. The van der Waals surface area contributed by atoms with Gasteiger partial charge in [-0.05, 0) is 56.5 Å². The van der Waals surface area contributed by atoms with Crippen molar-refractivity contribution < 1.29 is 18.3 Å². The summed E-state index contributed by atoms with van der Waals surface area (Å²) in [5.74, 6) is 0.586. The Balaban J connectivity index is 1.40. The number of nitrogens with one attached hydrogen (secondary N) is 1. The van der Waals surface area contributed by atoms with Crippen LogP contribution in [-0.4, -0.2) is 42.7 Å². The summed E-state index contributed by atoms with van der Waals surface area (Å²) < 4.78 is 38.6. The maximum atomic E-state index is 14.6. The molecule has 0 aliphatic carbocycles. The second-order valence-corrected chi connectivity index (χ2v) is 7.42. The number of anilines is 1. The van der Waals surface area contributed by atoms with Gasteiger partial charge in [0.15, 0.2) is 5.75 Å². The third-order valence-electron chi connectivity index (χ3n) is 5.45. The van der Waals surface area contributed by atoms with E-state index in [9.17, 15) is 8.78 Å². The minimum absolute atomic E-state index is 0.149. The second-order valence-electron chi connectivity index (χ2n) is 7.42. The first-order chi connectivity index (χ1) is 13.6. The zero-order valence-electron chi connectivity index (χ0n) is 16.0. The molecule has 0 amide bonds. The molecule has 2 atom stereocenters. The summed E-state index contributed by atoms with van der Waals surface area (Å²) in [6.45, 7) is 5.38. The van der Waals surface area contributed by atoms with Gasteiger partial charge in [0.25, 0.3) is 5.88 Å². The summed E-state index contributed by atoms with van der Waals surface area (Å²) in [5, 5.41) is 3.37. The molecule has 28 heavy (non-hydrogen) atoms.